The van der Waals surface area contributed by atoms with Crippen molar-refractivity contribution in [1.29, 1.82) is 0 Å². The molecule has 2 heteroatoms. The minimum Gasteiger partial charge on any atom is -0.310 e. The summed E-state index contributed by atoms with van der Waals surface area (Å²) in [6, 6.07) is 43.6. The number of hydrogen-bond acceptors (Lipinski definition) is 2. The van der Waals surface area contributed by atoms with E-state index in [4.69, 9.17) is 0 Å². The molecule has 9 rings (SSSR count). The van der Waals surface area contributed by atoms with Gasteiger partial charge in [-0.25, -0.2) is 0 Å². The maximum atomic E-state index is 2.46. The van der Waals surface area contributed by atoms with E-state index >= 15 is 0 Å². The van der Waals surface area contributed by atoms with Gasteiger partial charge >= 0.3 is 0 Å². The minimum absolute atomic E-state index is 0.0625. The summed E-state index contributed by atoms with van der Waals surface area (Å²) < 4.78 is 0. The number of thiophene rings is 1. The van der Waals surface area contributed by atoms with Gasteiger partial charge in [-0.15, -0.1) is 11.3 Å². The molecule has 0 amide bonds. The van der Waals surface area contributed by atoms with Gasteiger partial charge in [0.25, 0.3) is 0 Å². The van der Waals surface area contributed by atoms with Crippen molar-refractivity contribution < 1.29 is 0 Å². The number of hydrogen-bond donors (Lipinski definition) is 0. The molecule has 0 fully saturated rings. The van der Waals surface area contributed by atoms with Crippen molar-refractivity contribution in [2.45, 2.75) is 44.9 Å². The van der Waals surface area contributed by atoms with Crippen LogP contribution < -0.4 is 4.90 Å². The van der Waals surface area contributed by atoms with Crippen LogP contribution in [0.5, 0.6) is 0 Å². The lowest BCUT2D eigenvalue weighted by molar-refractivity contribution is 0.660. The van der Waals surface area contributed by atoms with Gasteiger partial charge in [0.2, 0.25) is 0 Å². The maximum Gasteiger partial charge on any atom is 0.0465 e. The fraction of sp³-hybridized carbons (Fsp3) is 0.163. The second-order valence-corrected chi connectivity index (χ2v) is 14.9. The molecule has 45 heavy (non-hydrogen) atoms. The van der Waals surface area contributed by atoms with Gasteiger partial charge in [0, 0.05) is 37.6 Å². The molecule has 1 heterocycles. The van der Waals surface area contributed by atoms with Crippen LogP contribution in [0, 0.1) is 0 Å². The smallest absolute Gasteiger partial charge is 0.0465 e. The topological polar surface area (TPSA) is 3.24 Å². The van der Waals surface area contributed by atoms with Crippen LogP contribution in [0.4, 0.5) is 17.1 Å². The van der Waals surface area contributed by atoms with Gasteiger partial charge in [0.05, 0.1) is 0 Å². The number of nitrogens with zero attached hydrogens (tertiary/aromatic N) is 1. The van der Waals surface area contributed by atoms with Crippen LogP contribution in [0.25, 0.3) is 38.8 Å². The van der Waals surface area contributed by atoms with Crippen molar-refractivity contribution in [1.82, 2.24) is 0 Å². The van der Waals surface area contributed by atoms with E-state index in [1.54, 1.807) is 0 Å². The van der Waals surface area contributed by atoms with Gasteiger partial charge in [-0.2, -0.15) is 0 Å². The molecule has 0 radical (unpaired) electrons. The van der Waals surface area contributed by atoms with E-state index in [1.807, 2.05) is 11.3 Å². The van der Waals surface area contributed by atoms with E-state index in [1.165, 1.54) is 82.5 Å². The van der Waals surface area contributed by atoms with Gasteiger partial charge in [0.15, 0.2) is 0 Å². The van der Waals surface area contributed by atoms with Crippen molar-refractivity contribution in [3.8, 4) is 32.7 Å². The Kier molecular flexibility index (Phi) is 5.59. The number of benzene rings is 5. The molecule has 3 aliphatic rings. The van der Waals surface area contributed by atoms with E-state index in [9.17, 15) is 0 Å². The first-order valence-electron chi connectivity index (χ1n) is 16.0. The van der Waals surface area contributed by atoms with E-state index in [0.29, 0.717) is 0 Å². The average Bonchev–Trinajstić information content (AvgIpc) is 3.78. The van der Waals surface area contributed by atoms with Crippen LogP contribution in [-0.4, -0.2) is 0 Å². The Morgan fingerprint density at radius 1 is 0.533 bits per heavy atom. The number of rotatable bonds is 4. The second kappa shape index (κ2) is 9.42. The molecular formula is C43H35NS. The third-order valence-electron chi connectivity index (χ3n) is 10.5. The van der Waals surface area contributed by atoms with Crippen LogP contribution in [0.2, 0.25) is 0 Å². The summed E-state index contributed by atoms with van der Waals surface area (Å²) in [5.74, 6) is 0. The highest BCUT2D eigenvalue weighted by Crippen LogP contribution is 2.53. The normalized spacial score (nSPS) is 15.7. The lowest BCUT2D eigenvalue weighted by Gasteiger charge is -2.30. The Morgan fingerprint density at radius 2 is 1.04 bits per heavy atom. The van der Waals surface area contributed by atoms with Crippen molar-refractivity contribution in [3.63, 3.8) is 0 Å². The Bertz CT molecular complexity index is 2080. The first-order chi connectivity index (χ1) is 21.8. The van der Waals surface area contributed by atoms with Crippen molar-refractivity contribution in [3.05, 3.63) is 154 Å². The van der Waals surface area contributed by atoms with Crippen molar-refractivity contribution in [2.24, 2.45) is 0 Å². The predicted octanol–water partition coefficient (Wildman–Crippen LogP) is 12.1. The number of allylic oxidation sites excluding steroid dienone is 1. The van der Waals surface area contributed by atoms with E-state index in [0.717, 1.165) is 6.42 Å². The summed E-state index contributed by atoms with van der Waals surface area (Å²) in [5, 5.41) is 0. The number of anilines is 3. The molecule has 0 N–H and O–H groups in total. The van der Waals surface area contributed by atoms with Crippen molar-refractivity contribution in [2.75, 3.05) is 4.90 Å². The van der Waals surface area contributed by atoms with Crippen LogP contribution in [-0.2, 0) is 17.3 Å². The zero-order valence-corrected chi connectivity index (χ0v) is 27.0. The maximum absolute atomic E-state index is 2.46. The highest BCUT2D eigenvalue weighted by Gasteiger charge is 2.37. The third-order valence-corrected chi connectivity index (χ3v) is 11.7. The quantitative estimate of drug-likeness (QED) is 0.195. The molecule has 0 unspecified atom stereocenters. The molecule has 0 saturated heterocycles. The van der Waals surface area contributed by atoms with E-state index in [2.05, 4.69) is 160 Å². The highest BCUT2D eigenvalue weighted by molar-refractivity contribution is 7.16. The van der Waals surface area contributed by atoms with Gasteiger partial charge in [-0.3, -0.25) is 0 Å². The molecule has 218 valence electrons. The minimum atomic E-state index is -0.0625. The first kappa shape index (κ1) is 26.7. The molecule has 1 aromatic heterocycles. The van der Waals surface area contributed by atoms with Crippen LogP contribution in [0.15, 0.2) is 121 Å². The predicted molar refractivity (Wildman–Crippen MR) is 192 cm³/mol. The summed E-state index contributed by atoms with van der Waals surface area (Å²) in [6.07, 6.45) is 5.58. The van der Waals surface area contributed by atoms with Crippen LogP contribution in [0.3, 0.4) is 0 Å². The molecule has 6 aromatic rings. The lowest BCUT2D eigenvalue weighted by atomic mass is 9.82. The van der Waals surface area contributed by atoms with Gasteiger partial charge < -0.3 is 4.90 Å². The van der Waals surface area contributed by atoms with Crippen LogP contribution >= 0.6 is 11.3 Å². The van der Waals surface area contributed by atoms with E-state index in [-0.39, 0.29) is 10.8 Å². The fourth-order valence-electron chi connectivity index (χ4n) is 8.06. The first-order valence-corrected chi connectivity index (χ1v) is 16.8. The third kappa shape index (κ3) is 3.85. The Morgan fingerprint density at radius 3 is 1.60 bits per heavy atom. The summed E-state index contributed by atoms with van der Waals surface area (Å²) in [7, 11) is 0. The summed E-state index contributed by atoms with van der Waals surface area (Å²) in [6.45, 7) is 9.46. The Balaban J connectivity index is 1.20. The van der Waals surface area contributed by atoms with Crippen LogP contribution in [0.1, 0.15) is 60.4 Å². The molecule has 0 saturated carbocycles. The largest absolute Gasteiger partial charge is 0.310 e. The SMILES string of the molecule is CC1(C)c2ccccc2-c2ccc(N(c3ccc(-c4cc5c(s4)C=CC5)cc3)c3ccc4c(c3)C(C)(C)c3ccccc3-4)cc21. The fourth-order valence-corrected chi connectivity index (χ4v) is 9.19. The summed E-state index contributed by atoms with van der Waals surface area (Å²) in [4.78, 5) is 5.20. The molecule has 1 nitrogen and oxygen atoms in total. The van der Waals surface area contributed by atoms with Gasteiger partial charge in [-0.05, 0) is 111 Å². The average molecular weight is 598 g/mol. The summed E-state index contributed by atoms with van der Waals surface area (Å²) in [5.41, 5.74) is 17.1. The zero-order valence-electron chi connectivity index (χ0n) is 26.2. The molecule has 0 bridgehead atoms. The Hall–Kier alpha value is -4.66. The molecule has 0 aliphatic heterocycles. The standard InChI is InChI=1S/C43H35NS/c1-42(2)36-13-7-5-11-32(36)34-22-20-30(25-38(34)42)44(29-18-16-27(17-19-29)41-24-28-10-9-15-40(28)45-41)31-21-23-35-33-12-6-8-14-37(33)43(3,4)39(35)26-31/h5-9,11-26H,10H2,1-4H3. The molecule has 0 atom stereocenters. The van der Waals surface area contributed by atoms with Gasteiger partial charge in [-0.1, -0.05) is 107 Å². The Labute approximate surface area is 270 Å². The van der Waals surface area contributed by atoms with E-state index < -0.39 is 0 Å². The second-order valence-electron chi connectivity index (χ2n) is 13.8. The molecule has 5 aromatic carbocycles. The molecule has 3 aliphatic carbocycles. The van der Waals surface area contributed by atoms with Crippen molar-refractivity contribution >= 4 is 34.5 Å². The summed E-state index contributed by atoms with van der Waals surface area (Å²) >= 11 is 1.90. The number of fused-ring (bicyclic) bond motifs is 7. The lowest BCUT2D eigenvalue weighted by Crippen LogP contribution is -2.18. The molecule has 0 spiro atoms. The highest BCUT2D eigenvalue weighted by atomic mass is 32.1. The zero-order chi connectivity index (χ0) is 30.5. The van der Waals surface area contributed by atoms with Gasteiger partial charge in [0.1, 0.15) is 0 Å². The monoisotopic (exact) mass is 597 g/mol. The molecular weight excluding hydrogens is 563 g/mol.